The van der Waals surface area contributed by atoms with Crippen LogP contribution in [0.5, 0.6) is 0 Å². The summed E-state index contributed by atoms with van der Waals surface area (Å²) in [6.07, 6.45) is 6.56. The lowest BCUT2D eigenvalue weighted by molar-refractivity contribution is 1.42. The van der Waals surface area contributed by atoms with Crippen molar-refractivity contribution in [1.82, 2.24) is 0 Å². The Labute approximate surface area is 105 Å². The minimum absolute atomic E-state index is 0.763. The monoisotopic (exact) mass is 253 g/mol. The molecule has 0 fully saturated rings. The van der Waals surface area contributed by atoms with Gasteiger partial charge in [0.05, 0.1) is 0 Å². The van der Waals surface area contributed by atoms with Crippen LogP contribution in [0.15, 0.2) is 23.1 Å². The lowest BCUT2D eigenvalue weighted by atomic mass is 10.2. The predicted molar refractivity (Wildman–Crippen MR) is 79.5 cm³/mol. The fourth-order valence-corrected chi connectivity index (χ4v) is 2.25. The van der Waals surface area contributed by atoms with Gasteiger partial charge in [0.1, 0.15) is 0 Å². The van der Waals surface area contributed by atoms with Crippen molar-refractivity contribution < 1.29 is 0 Å². The van der Waals surface area contributed by atoms with Crippen LogP contribution in [0.25, 0.3) is 0 Å². The van der Waals surface area contributed by atoms with Gasteiger partial charge in [-0.15, -0.1) is 11.8 Å². The molecule has 0 saturated carbocycles. The molecule has 1 aromatic rings. The number of rotatable bonds is 2. The van der Waals surface area contributed by atoms with Crippen LogP contribution in [-0.4, -0.2) is 24.5 Å². The van der Waals surface area contributed by atoms with Crippen molar-refractivity contribution in [3.05, 3.63) is 23.8 Å². The third-order valence-corrected chi connectivity index (χ3v) is 3.50. The van der Waals surface area contributed by atoms with E-state index in [1.54, 1.807) is 11.8 Å². The number of hydrogen-bond acceptors (Lipinski definition) is 2. The van der Waals surface area contributed by atoms with Gasteiger partial charge in [0, 0.05) is 16.1 Å². The average Bonchev–Trinajstić information content (AvgIpc) is 2.18. The summed E-state index contributed by atoms with van der Waals surface area (Å²) < 4.78 is 0. The smallest absolute Gasteiger partial charge is 0.0464 e. The van der Waals surface area contributed by atoms with E-state index < -0.39 is 10.0 Å². The predicted octanol–water partition coefficient (Wildman–Crippen LogP) is 3.38. The summed E-state index contributed by atoms with van der Waals surface area (Å²) in [4.78, 5) is 1.15. The van der Waals surface area contributed by atoms with Crippen molar-refractivity contribution in [2.75, 3.05) is 30.3 Å². The first-order chi connectivity index (χ1) is 7.42. The van der Waals surface area contributed by atoms with Crippen molar-refractivity contribution >= 4 is 27.5 Å². The standard InChI is InChI=1S/C13H19NS2/c1-5-15-13-7-6-11(10-12(13)14)8-9-16(2,3)4/h6-7,10H,5,14H2,1-4H3. The van der Waals surface area contributed by atoms with Crippen LogP contribution in [0.1, 0.15) is 12.5 Å². The maximum atomic E-state index is 5.96. The number of nitrogen functional groups attached to an aromatic ring is 1. The molecule has 0 aromatic heterocycles. The van der Waals surface area contributed by atoms with E-state index in [-0.39, 0.29) is 0 Å². The van der Waals surface area contributed by atoms with Gasteiger partial charge in [0.25, 0.3) is 0 Å². The van der Waals surface area contributed by atoms with Crippen LogP contribution in [-0.2, 0) is 0 Å². The van der Waals surface area contributed by atoms with Gasteiger partial charge in [0.2, 0.25) is 0 Å². The van der Waals surface area contributed by atoms with E-state index in [0.29, 0.717) is 0 Å². The van der Waals surface area contributed by atoms with Crippen LogP contribution in [0.4, 0.5) is 5.69 Å². The zero-order valence-corrected chi connectivity index (χ0v) is 12.0. The maximum Gasteiger partial charge on any atom is 0.0464 e. The minimum atomic E-state index is -0.763. The molecule has 2 N–H and O–H groups in total. The van der Waals surface area contributed by atoms with Gasteiger partial charge >= 0.3 is 0 Å². The first-order valence-electron chi connectivity index (χ1n) is 5.16. The second-order valence-electron chi connectivity index (χ2n) is 4.25. The molecule has 0 amide bonds. The second-order valence-corrected chi connectivity index (χ2v) is 9.43. The van der Waals surface area contributed by atoms with Crippen molar-refractivity contribution in [1.29, 1.82) is 0 Å². The molecule has 0 saturated heterocycles. The highest BCUT2D eigenvalue weighted by molar-refractivity contribution is 8.35. The fraction of sp³-hybridized carbons (Fsp3) is 0.385. The molecule has 16 heavy (non-hydrogen) atoms. The van der Waals surface area contributed by atoms with Crippen molar-refractivity contribution in [2.45, 2.75) is 11.8 Å². The summed E-state index contributed by atoms with van der Waals surface area (Å²) in [5.41, 5.74) is 7.81. The van der Waals surface area contributed by atoms with E-state index in [1.165, 1.54) is 0 Å². The third kappa shape index (κ3) is 4.42. The van der Waals surface area contributed by atoms with E-state index in [1.807, 2.05) is 12.1 Å². The molecule has 1 rings (SSSR count). The van der Waals surface area contributed by atoms with Gasteiger partial charge in [-0.2, -0.15) is 10.0 Å². The minimum Gasteiger partial charge on any atom is -0.398 e. The van der Waals surface area contributed by atoms with E-state index in [4.69, 9.17) is 5.73 Å². The molecule has 0 aliphatic heterocycles. The Kier molecular flexibility index (Phi) is 4.64. The average molecular weight is 253 g/mol. The largest absolute Gasteiger partial charge is 0.398 e. The Morgan fingerprint density at radius 1 is 1.31 bits per heavy atom. The fourth-order valence-electron chi connectivity index (χ4n) is 1.13. The number of thioether (sulfide) groups is 1. The van der Waals surface area contributed by atoms with Crippen LogP contribution in [0.2, 0.25) is 0 Å². The van der Waals surface area contributed by atoms with Gasteiger partial charge in [0.15, 0.2) is 0 Å². The van der Waals surface area contributed by atoms with Crippen molar-refractivity contribution in [3.8, 4) is 11.2 Å². The highest BCUT2D eigenvalue weighted by Gasteiger charge is 2.00. The third-order valence-electron chi connectivity index (χ3n) is 1.81. The highest BCUT2D eigenvalue weighted by atomic mass is 32.3. The normalized spacial score (nSPS) is 11.8. The number of benzene rings is 1. The van der Waals surface area contributed by atoms with Crippen molar-refractivity contribution in [2.24, 2.45) is 0 Å². The first-order valence-corrected chi connectivity index (χ1v) is 9.00. The Balaban J connectivity index is 2.92. The number of anilines is 1. The molecule has 1 aromatic carbocycles. The molecular formula is C13H19NS2. The van der Waals surface area contributed by atoms with E-state index in [0.717, 1.165) is 21.9 Å². The summed E-state index contributed by atoms with van der Waals surface area (Å²) in [5.74, 6) is 4.24. The molecule has 0 atom stereocenters. The summed E-state index contributed by atoms with van der Waals surface area (Å²) in [6, 6.07) is 6.08. The maximum absolute atomic E-state index is 5.96. The molecule has 0 bridgehead atoms. The molecule has 88 valence electrons. The van der Waals surface area contributed by atoms with Crippen LogP contribution >= 0.6 is 21.8 Å². The summed E-state index contributed by atoms with van der Waals surface area (Å²) in [7, 11) is -0.763. The highest BCUT2D eigenvalue weighted by Crippen LogP contribution is 2.32. The Bertz CT molecular complexity index is 422. The van der Waals surface area contributed by atoms with Crippen LogP contribution in [0, 0.1) is 11.2 Å². The summed E-state index contributed by atoms with van der Waals surface area (Å²) in [6.45, 7) is 2.13. The molecule has 0 aliphatic carbocycles. The van der Waals surface area contributed by atoms with Gasteiger partial charge in [-0.25, -0.2) is 0 Å². The van der Waals surface area contributed by atoms with Crippen molar-refractivity contribution in [3.63, 3.8) is 0 Å². The van der Waals surface area contributed by atoms with E-state index in [9.17, 15) is 0 Å². The van der Waals surface area contributed by atoms with Gasteiger partial charge in [-0.1, -0.05) is 12.8 Å². The molecule has 0 heterocycles. The van der Waals surface area contributed by atoms with E-state index >= 15 is 0 Å². The molecule has 0 unspecified atom stereocenters. The lowest BCUT2D eigenvalue weighted by Gasteiger charge is -2.14. The summed E-state index contributed by atoms with van der Waals surface area (Å²) >= 11 is 1.77. The Morgan fingerprint density at radius 2 is 2.00 bits per heavy atom. The van der Waals surface area contributed by atoms with Gasteiger partial charge in [-0.3, -0.25) is 0 Å². The molecular weight excluding hydrogens is 234 g/mol. The molecule has 3 heteroatoms. The molecule has 1 nitrogen and oxygen atoms in total. The SMILES string of the molecule is CCSc1ccc(C#CS(C)(C)C)cc1N. The number of nitrogens with two attached hydrogens (primary N) is 1. The van der Waals surface area contributed by atoms with Crippen LogP contribution in [0.3, 0.4) is 0 Å². The zero-order chi connectivity index (χ0) is 12.2. The van der Waals surface area contributed by atoms with Gasteiger partial charge in [-0.05, 0) is 48.0 Å². The summed E-state index contributed by atoms with van der Waals surface area (Å²) in [5, 5.41) is 3.29. The zero-order valence-electron chi connectivity index (χ0n) is 10.3. The molecule has 0 aliphatic rings. The number of hydrogen-bond donors (Lipinski definition) is 1. The lowest BCUT2D eigenvalue weighted by Crippen LogP contribution is -1.90. The molecule has 0 radical (unpaired) electrons. The van der Waals surface area contributed by atoms with E-state index in [2.05, 4.69) is 42.9 Å². The van der Waals surface area contributed by atoms with Crippen LogP contribution < -0.4 is 5.73 Å². The van der Waals surface area contributed by atoms with Gasteiger partial charge < -0.3 is 5.73 Å². The molecule has 0 spiro atoms. The Hall–Kier alpha value is -0.720. The first kappa shape index (κ1) is 13.3. The topological polar surface area (TPSA) is 26.0 Å². The quantitative estimate of drug-likeness (QED) is 0.497. The Morgan fingerprint density at radius 3 is 2.50 bits per heavy atom. The second kappa shape index (κ2) is 5.56.